The fraction of sp³-hybridized carbons (Fsp3) is 0.160. The molecule has 8 heteroatoms. The highest BCUT2D eigenvalue weighted by Crippen LogP contribution is 2.26. The van der Waals surface area contributed by atoms with E-state index in [0.717, 1.165) is 28.3 Å². The molecule has 3 aromatic carbocycles. The maximum absolute atomic E-state index is 5.26. The van der Waals surface area contributed by atoms with Crippen molar-refractivity contribution in [2.24, 2.45) is 0 Å². The number of benzene rings is 3. The van der Waals surface area contributed by atoms with Crippen LogP contribution in [-0.4, -0.2) is 35.8 Å². The summed E-state index contributed by atoms with van der Waals surface area (Å²) in [7, 11) is 3.26. The van der Waals surface area contributed by atoms with Gasteiger partial charge in [0.25, 0.3) is 0 Å². The first-order valence-corrected chi connectivity index (χ1v) is 10.4. The molecule has 0 spiro atoms. The Morgan fingerprint density at radius 3 is 1.58 bits per heavy atom. The monoisotopic (exact) mass is 444 g/mol. The van der Waals surface area contributed by atoms with Crippen molar-refractivity contribution >= 4 is 11.6 Å². The second kappa shape index (κ2) is 10.4. The van der Waals surface area contributed by atoms with Gasteiger partial charge in [0, 0.05) is 16.8 Å². The van der Waals surface area contributed by atoms with E-state index in [2.05, 4.69) is 15.3 Å². The number of nitrogens with zero attached hydrogens (tertiary/aromatic N) is 3. The second-order valence-electron chi connectivity index (χ2n) is 6.90. The van der Waals surface area contributed by atoms with Gasteiger partial charge in [-0.15, -0.1) is 0 Å². The highest BCUT2D eigenvalue weighted by atomic mass is 17.2. The van der Waals surface area contributed by atoms with Gasteiger partial charge in [0.15, 0.2) is 17.4 Å². The van der Waals surface area contributed by atoms with Gasteiger partial charge >= 0.3 is 0 Å². The molecular weight excluding hydrogens is 420 g/mol. The van der Waals surface area contributed by atoms with Gasteiger partial charge in [-0.05, 0) is 79.7 Å². The summed E-state index contributed by atoms with van der Waals surface area (Å²) >= 11 is 0. The Morgan fingerprint density at radius 1 is 0.636 bits per heavy atom. The van der Waals surface area contributed by atoms with Crippen molar-refractivity contribution in [2.45, 2.75) is 6.92 Å². The maximum atomic E-state index is 5.26. The molecule has 4 rings (SSSR count). The number of methoxy groups -OCH3 is 2. The van der Waals surface area contributed by atoms with Crippen LogP contribution in [0.4, 0.5) is 11.6 Å². The van der Waals surface area contributed by atoms with Gasteiger partial charge < -0.3 is 19.7 Å². The summed E-state index contributed by atoms with van der Waals surface area (Å²) < 4.78 is 10.5. The minimum Gasteiger partial charge on any atom is -0.497 e. The number of aromatic nitrogens is 3. The molecule has 8 nitrogen and oxygen atoms in total. The number of ether oxygens (including phenoxy) is 2. The normalized spacial score (nSPS) is 10.5. The summed E-state index contributed by atoms with van der Waals surface area (Å²) in [6.45, 7) is 2.32. The quantitative estimate of drug-likeness (QED) is 0.275. The Hall–Kier alpha value is -4.17. The van der Waals surface area contributed by atoms with Crippen molar-refractivity contribution in [3.63, 3.8) is 0 Å². The molecule has 0 amide bonds. The predicted octanol–water partition coefficient (Wildman–Crippen LogP) is 5.30. The number of hydrogen-bond acceptors (Lipinski definition) is 8. The third-order valence-corrected chi connectivity index (χ3v) is 4.72. The summed E-state index contributed by atoms with van der Waals surface area (Å²) in [5, 5.41) is 3.24. The van der Waals surface area contributed by atoms with E-state index >= 15 is 0 Å². The first-order valence-electron chi connectivity index (χ1n) is 10.4. The third kappa shape index (κ3) is 5.55. The van der Waals surface area contributed by atoms with Gasteiger partial charge in [-0.1, -0.05) is 0 Å². The van der Waals surface area contributed by atoms with E-state index in [0.29, 0.717) is 30.0 Å². The molecule has 0 saturated heterocycles. The van der Waals surface area contributed by atoms with Crippen molar-refractivity contribution in [2.75, 3.05) is 26.1 Å². The molecule has 0 unspecified atom stereocenters. The van der Waals surface area contributed by atoms with E-state index in [1.54, 1.807) is 26.4 Å². The van der Waals surface area contributed by atoms with E-state index in [-0.39, 0.29) is 0 Å². The molecule has 33 heavy (non-hydrogen) atoms. The molecule has 0 bridgehead atoms. The fourth-order valence-electron chi connectivity index (χ4n) is 3.02. The van der Waals surface area contributed by atoms with Crippen molar-refractivity contribution in [3.05, 3.63) is 72.8 Å². The fourth-order valence-corrected chi connectivity index (χ4v) is 3.02. The molecule has 1 heterocycles. The summed E-state index contributed by atoms with van der Waals surface area (Å²) in [4.78, 5) is 24.1. The lowest BCUT2D eigenvalue weighted by Crippen LogP contribution is -2.03. The molecule has 168 valence electrons. The summed E-state index contributed by atoms with van der Waals surface area (Å²) in [6, 6.07) is 22.5. The standard InChI is InChI=1S/C25H24N4O4/c1-4-32-33-22-15-9-19(10-16-22)26-25-28-23(17-5-11-20(30-2)12-6-17)27-24(29-25)18-7-13-21(31-3)14-8-18/h5-16H,4H2,1-3H3,(H,26,27,28,29). The molecule has 0 aliphatic carbocycles. The van der Waals surface area contributed by atoms with Gasteiger partial charge in [-0.3, -0.25) is 0 Å². The van der Waals surface area contributed by atoms with Crippen LogP contribution in [0.2, 0.25) is 0 Å². The topological polar surface area (TPSA) is 87.6 Å². The lowest BCUT2D eigenvalue weighted by molar-refractivity contribution is -0.202. The van der Waals surface area contributed by atoms with Crippen LogP contribution in [0.15, 0.2) is 72.8 Å². The zero-order chi connectivity index (χ0) is 23.0. The van der Waals surface area contributed by atoms with E-state index in [1.807, 2.05) is 67.6 Å². The van der Waals surface area contributed by atoms with Crippen LogP contribution in [0, 0.1) is 0 Å². The summed E-state index contributed by atoms with van der Waals surface area (Å²) in [6.07, 6.45) is 0. The highest BCUT2D eigenvalue weighted by Gasteiger charge is 2.12. The minimum atomic E-state index is 0.417. The highest BCUT2D eigenvalue weighted by molar-refractivity contribution is 5.65. The lowest BCUT2D eigenvalue weighted by atomic mass is 10.2. The SMILES string of the molecule is CCOOc1ccc(Nc2nc(-c3ccc(OC)cc3)nc(-c3ccc(OC)cc3)n2)cc1. The van der Waals surface area contributed by atoms with Gasteiger partial charge in [-0.25, -0.2) is 4.98 Å². The summed E-state index contributed by atoms with van der Waals surface area (Å²) in [5.41, 5.74) is 2.49. The average Bonchev–Trinajstić information content (AvgIpc) is 2.88. The Morgan fingerprint density at radius 2 is 1.12 bits per heavy atom. The van der Waals surface area contributed by atoms with Gasteiger partial charge in [0.2, 0.25) is 5.95 Å². The molecule has 0 radical (unpaired) electrons. The van der Waals surface area contributed by atoms with Crippen LogP contribution < -0.4 is 19.7 Å². The second-order valence-corrected chi connectivity index (χ2v) is 6.90. The number of rotatable bonds is 9. The molecule has 4 aromatic rings. The molecule has 0 aliphatic heterocycles. The molecule has 0 fully saturated rings. The van der Waals surface area contributed by atoms with Gasteiger partial charge in [0.1, 0.15) is 11.5 Å². The van der Waals surface area contributed by atoms with Gasteiger partial charge in [0.05, 0.1) is 20.8 Å². The molecule has 0 atom stereocenters. The van der Waals surface area contributed by atoms with Crippen LogP contribution in [0.5, 0.6) is 17.2 Å². The first kappa shape index (κ1) is 22.0. The summed E-state index contributed by atoms with van der Waals surface area (Å²) in [5.74, 6) is 3.62. The zero-order valence-corrected chi connectivity index (χ0v) is 18.6. The molecule has 1 aromatic heterocycles. The Kier molecular flexibility index (Phi) is 6.96. The lowest BCUT2D eigenvalue weighted by Gasteiger charge is -2.11. The smallest absolute Gasteiger partial charge is 0.231 e. The first-order chi connectivity index (χ1) is 16.2. The van der Waals surface area contributed by atoms with Crippen LogP contribution in [0.3, 0.4) is 0 Å². The maximum Gasteiger partial charge on any atom is 0.231 e. The van der Waals surface area contributed by atoms with Crippen molar-refractivity contribution < 1.29 is 19.2 Å². The van der Waals surface area contributed by atoms with Gasteiger partial charge in [-0.2, -0.15) is 14.9 Å². The van der Waals surface area contributed by atoms with Crippen LogP contribution in [0.25, 0.3) is 22.8 Å². The van der Waals surface area contributed by atoms with Crippen LogP contribution >= 0.6 is 0 Å². The van der Waals surface area contributed by atoms with Crippen molar-refractivity contribution in [1.29, 1.82) is 0 Å². The van der Waals surface area contributed by atoms with E-state index in [9.17, 15) is 0 Å². The Balaban J connectivity index is 1.68. The number of hydrogen-bond donors (Lipinski definition) is 1. The number of anilines is 2. The van der Waals surface area contributed by atoms with E-state index < -0.39 is 0 Å². The minimum absolute atomic E-state index is 0.417. The molecule has 0 saturated carbocycles. The predicted molar refractivity (Wildman–Crippen MR) is 126 cm³/mol. The van der Waals surface area contributed by atoms with E-state index in [4.69, 9.17) is 24.2 Å². The third-order valence-electron chi connectivity index (χ3n) is 4.72. The Bertz CT molecular complexity index is 1110. The van der Waals surface area contributed by atoms with Crippen molar-refractivity contribution in [1.82, 2.24) is 15.0 Å². The van der Waals surface area contributed by atoms with E-state index in [1.165, 1.54) is 0 Å². The molecule has 0 aliphatic rings. The van der Waals surface area contributed by atoms with Crippen LogP contribution in [0.1, 0.15) is 6.92 Å². The molecule has 1 N–H and O–H groups in total. The largest absolute Gasteiger partial charge is 0.497 e. The number of nitrogens with one attached hydrogen (secondary N) is 1. The Labute approximate surface area is 192 Å². The molecular formula is C25H24N4O4. The van der Waals surface area contributed by atoms with Crippen LogP contribution in [-0.2, 0) is 4.89 Å². The average molecular weight is 444 g/mol. The zero-order valence-electron chi connectivity index (χ0n) is 18.6. The van der Waals surface area contributed by atoms with Crippen molar-refractivity contribution in [3.8, 4) is 40.0 Å².